The van der Waals surface area contributed by atoms with Crippen LogP contribution in [0.2, 0.25) is 0 Å². The van der Waals surface area contributed by atoms with Gasteiger partial charge in [0, 0.05) is 4.47 Å². The Morgan fingerprint density at radius 1 is 0.889 bits per heavy atom. The van der Waals surface area contributed by atoms with Gasteiger partial charge in [0.15, 0.2) is 0 Å². The summed E-state index contributed by atoms with van der Waals surface area (Å²) in [7, 11) is -4.01. The molecule has 0 N–H and O–H groups in total. The van der Waals surface area contributed by atoms with Crippen LogP contribution in [0, 0.1) is 0 Å². The molecule has 1 amide bonds. The SMILES string of the molecule is O=C1c2sccc2N(Cc2ccccc2Br)S(=O)(=O)N1Cc1ccccc1. The first-order chi connectivity index (χ1) is 13.0. The highest BCUT2D eigenvalue weighted by Gasteiger charge is 2.42. The number of fused-ring (bicyclic) bond motifs is 1. The van der Waals surface area contributed by atoms with Crippen molar-refractivity contribution in [2.24, 2.45) is 0 Å². The first-order valence-electron chi connectivity index (χ1n) is 8.18. The van der Waals surface area contributed by atoms with E-state index in [2.05, 4.69) is 15.9 Å². The summed E-state index contributed by atoms with van der Waals surface area (Å²) in [5.74, 6) is -0.479. The standard InChI is InChI=1S/C19H15BrN2O3S2/c20-16-9-5-4-8-15(16)13-21-17-10-11-26-18(17)19(23)22(27(21,24)25)12-14-6-2-1-3-7-14/h1-11H,12-13H2. The number of carbonyl (C=O) groups excluding carboxylic acids is 1. The van der Waals surface area contributed by atoms with Crippen LogP contribution in [0.15, 0.2) is 70.5 Å². The highest BCUT2D eigenvalue weighted by molar-refractivity contribution is 9.10. The largest absolute Gasteiger partial charge is 0.329 e. The third-order valence-corrected chi connectivity index (χ3v) is 7.73. The fourth-order valence-corrected chi connectivity index (χ4v) is 5.89. The van der Waals surface area contributed by atoms with Gasteiger partial charge in [-0.15, -0.1) is 11.3 Å². The monoisotopic (exact) mass is 462 g/mol. The van der Waals surface area contributed by atoms with E-state index in [0.29, 0.717) is 10.6 Å². The van der Waals surface area contributed by atoms with Crippen molar-refractivity contribution in [2.45, 2.75) is 13.1 Å². The second kappa shape index (κ2) is 7.10. The Morgan fingerprint density at radius 3 is 2.33 bits per heavy atom. The van der Waals surface area contributed by atoms with E-state index in [-0.39, 0.29) is 13.1 Å². The van der Waals surface area contributed by atoms with Crippen LogP contribution in [-0.4, -0.2) is 18.6 Å². The van der Waals surface area contributed by atoms with Gasteiger partial charge in [-0.3, -0.25) is 4.79 Å². The normalized spacial score (nSPS) is 15.7. The van der Waals surface area contributed by atoms with E-state index in [1.807, 2.05) is 54.6 Å². The summed E-state index contributed by atoms with van der Waals surface area (Å²) in [4.78, 5) is 13.3. The third kappa shape index (κ3) is 3.28. The second-order valence-electron chi connectivity index (χ2n) is 6.04. The number of nitrogens with zero attached hydrogens (tertiary/aromatic N) is 2. The van der Waals surface area contributed by atoms with Crippen molar-refractivity contribution in [3.8, 4) is 0 Å². The van der Waals surface area contributed by atoms with E-state index in [1.54, 1.807) is 11.4 Å². The molecule has 1 aliphatic rings. The number of thiophene rings is 1. The summed E-state index contributed by atoms with van der Waals surface area (Å²) in [6, 6.07) is 18.3. The molecule has 0 aliphatic carbocycles. The molecule has 8 heteroatoms. The molecule has 0 atom stereocenters. The van der Waals surface area contributed by atoms with E-state index >= 15 is 0 Å². The summed E-state index contributed by atoms with van der Waals surface area (Å²) in [6.07, 6.45) is 0. The van der Waals surface area contributed by atoms with Crippen LogP contribution in [0.4, 0.5) is 5.69 Å². The molecule has 0 radical (unpaired) electrons. The molecule has 27 heavy (non-hydrogen) atoms. The highest BCUT2D eigenvalue weighted by Crippen LogP contribution is 2.38. The predicted octanol–water partition coefficient (Wildman–Crippen LogP) is 4.42. The Labute approximate surface area is 170 Å². The molecule has 0 spiro atoms. The van der Waals surface area contributed by atoms with Crippen molar-refractivity contribution in [3.63, 3.8) is 0 Å². The molecule has 0 fully saturated rings. The Bertz CT molecular complexity index is 1100. The highest BCUT2D eigenvalue weighted by atomic mass is 79.9. The number of anilines is 1. The molecule has 2 heterocycles. The second-order valence-corrected chi connectivity index (χ2v) is 9.59. The minimum Gasteiger partial charge on any atom is -0.267 e. The predicted molar refractivity (Wildman–Crippen MR) is 110 cm³/mol. The smallest absolute Gasteiger partial charge is 0.267 e. The van der Waals surface area contributed by atoms with E-state index in [4.69, 9.17) is 0 Å². The van der Waals surface area contributed by atoms with Gasteiger partial charge < -0.3 is 0 Å². The van der Waals surface area contributed by atoms with E-state index < -0.39 is 16.1 Å². The number of hydrogen-bond donors (Lipinski definition) is 0. The van der Waals surface area contributed by atoms with Crippen molar-refractivity contribution < 1.29 is 13.2 Å². The molecule has 0 saturated heterocycles. The molecule has 1 aliphatic heterocycles. The van der Waals surface area contributed by atoms with Crippen LogP contribution in [0.5, 0.6) is 0 Å². The van der Waals surface area contributed by atoms with Crippen LogP contribution in [0.1, 0.15) is 20.8 Å². The maximum atomic E-state index is 13.3. The lowest BCUT2D eigenvalue weighted by molar-refractivity contribution is 0.0855. The van der Waals surface area contributed by atoms with Crippen LogP contribution in [0.3, 0.4) is 0 Å². The summed E-state index contributed by atoms with van der Waals surface area (Å²) >= 11 is 4.73. The number of carbonyl (C=O) groups is 1. The van der Waals surface area contributed by atoms with Gasteiger partial charge in [-0.25, -0.2) is 8.61 Å². The molecule has 2 aromatic carbocycles. The third-order valence-electron chi connectivity index (χ3n) is 4.33. The van der Waals surface area contributed by atoms with Crippen LogP contribution < -0.4 is 4.31 Å². The zero-order valence-corrected chi connectivity index (χ0v) is 17.3. The number of hydrogen-bond acceptors (Lipinski definition) is 4. The van der Waals surface area contributed by atoms with E-state index in [0.717, 1.165) is 19.9 Å². The molecule has 0 saturated carbocycles. The molecule has 0 unspecified atom stereocenters. The first-order valence-corrected chi connectivity index (χ1v) is 11.2. The Hall–Kier alpha value is -2.16. The molecule has 3 aromatic rings. The van der Waals surface area contributed by atoms with Crippen molar-refractivity contribution >= 4 is 49.1 Å². The minimum atomic E-state index is -4.01. The summed E-state index contributed by atoms with van der Waals surface area (Å²) in [5.41, 5.74) is 2.02. The maximum Gasteiger partial charge on any atom is 0.329 e. The Kier molecular flexibility index (Phi) is 4.79. The number of halogens is 1. The summed E-state index contributed by atoms with van der Waals surface area (Å²) in [6.45, 7) is 0.151. The Balaban J connectivity index is 1.78. The Morgan fingerprint density at radius 2 is 1.59 bits per heavy atom. The van der Waals surface area contributed by atoms with Gasteiger partial charge in [0.1, 0.15) is 4.88 Å². The van der Waals surface area contributed by atoms with Crippen LogP contribution in [0.25, 0.3) is 0 Å². The number of amides is 1. The molecule has 5 nitrogen and oxygen atoms in total. The summed E-state index contributed by atoms with van der Waals surface area (Å²) < 4.78 is 29.7. The fourth-order valence-electron chi connectivity index (χ4n) is 2.97. The van der Waals surface area contributed by atoms with Crippen molar-refractivity contribution in [2.75, 3.05) is 4.31 Å². The molecule has 0 bridgehead atoms. The van der Waals surface area contributed by atoms with Gasteiger partial charge in [0.2, 0.25) is 0 Å². The summed E-state index contributed by atoms with van der Waals surface area (Å²) in [5, 5.41) is 1.75. The number of rotatable bonds is 4. The van der Waals surface area contributed by atoms with Gasteiger partial charge in [0.25, 0.3) is 5.91 Å². The maximum absolute atomic E-state index is 13.3. The average Bonchev–Trinajstić information content (AvgIpc) is 3.14. The van der Waals surface area contributed by atoms with Crippen molar-refractivity contribution in [1.29, 1.82) is 0 Å². The van der Waals surface area contributed by atoms with E-state index in [9.17, 15) is 13.2 Å². The lowest BCUT2D eigenvalue weighted by Gasteiger charge is -2.35. The van der Waals surface area contributed by atoms with E-state index in [1.165, 1.54) is 15.6 Å². The van der Waals surface area contributed by atoms with Gasteiger partial charge in [0.05, 0.1) is 18.8 Å². The molecule has 1 aromatic heterocycles. The van der Waals surface area contributed by atoms with Crippen LogP contribution in [-0.2, 0) is 23.3 Å². The average molecular weight is 463 g/mol. The molecule has 138 valence electrons. The quantitative estimate of drug-likeness (QED) is 0.576. The van der Waals surface area contributed by atoms with Gasteiger partial charge in [-0.1, -0.05) is 64.5 Å². The zero-order chi connectivity index (χ0) is 19.0. The van der Waals surface area contributed by atoms with Gasteiger partial charge in [-0.2, -0.15) is 8.42 Å². The molecular weight excluding hydrogens is 448 g/mol. The lowest BCUT2D eigenvalue weighted by atomic mass is 10.2. The lowest BCUT2D eigenvalue weighted by Crippen LogP contribution is -2.50. The van der Waals surface area contributed by atoms with Crippen LogP contribution >= 0.6 is 27.3 Å². The van der Waals surface area contributed by atoms with Crippen molar-refractivity contribution in [3.05, 3.63) is 86.5 Å². The fraction of sp³-hybridized carbons (Fsp3) is 0.105. The van der Waals surface area contributed by atoms with Gasteiger partial charge in [-0.05, 0) is 28.6 Å². The first kappa shape index (κ1) is 18.2. The zero-order valence-electron chi connectivity index (χ0n) is 14.1. The molecular formula is C19H15BrN2O3S2. The van der Waals surface area contributed by atoms with Crippen molar-refractivity contribution in [1.82, 2.24) is 4.31 Å². The van der Waals surface area contributed by atoms with Gasteiger partial charge >= 0.3 is 10.2 Å². The topological polar surface area (TPSA) is 57.7 Å². The minimum absolute atomic E-state index is 0.00576. The molecule has 4 rings (SSSR count). The number of benzene rings is 2.